The van der Waals surface area contributed by atoms with E-state index in [0.29, 0.717) is 0 Å². The van der Waals surface area contributed by atoms with Gasteiger partial charge in [0.05, 0.1) is 12.2 Å². The molecule has 0 spiro atoms. The summed E-state index contributed by atoms with van der Waals surface area (Å²) in [6.45, 7) is 3.71. The molecule has 1 N–H and O–H groups in total. The molecule has 104 valence electrons. The van der Waals surface area contributed by atoms with E-state index in [1.54, 1.807) is 0 Å². The molecule has 0 radical (unpaired) electrons. The molecule has 0 bridgehead atoms. The molecule has 1 aliphatic carbocycles. The maximum absolute atomic E-state index is 11.9. The summed E-state index contributed by atoms with van der Waals surface area (Å²) in [5.41, 5.74) is 0. The SMILES string of the molecule is CN1CCN(C(=O)COC2CCC(O)CC2)CC1. The van der Waals surface area contributed by atoms with Crippen LogP contribution < -0.4 is 0 Å². The average molecular weight is 256 g/mol. The number of piperazine rings is 1. The van der Waals surface area contributed by atoms with Gasteiger partial charge in [0.25, 0.3) is 0 Å². The van der Waals surface area contributed by atoms with Gasteiger partial charge in [-0.3, -0.25) is 4.79 Å². The van der Waals surface area contributed by atoms with Gasteiger partial charge in [-0.1, -0.05) is 0 Å². The third-order valence-electron chi connectivity index (χ3n) is 3.94. The predicted molar refractivity (Wildman–Crippen MR) is 68.3 cm³/mol. The Kier molecular flexibility index (Phi) is 4.97. The second-order valence-corrected chi connectivity index (χ2v) is 5.43. The average Bonchev–Trinajstić information content (AvgIpc) is 2.38. The van der Waals surface area contributed by atoms with E-state index < -0.39 is 0 Å². The minimum absolute atomic E-state index is 0.106. The lowest BCUT2D eigenvalue weighted by atomic mass is 9.95. The second kappa shape index (κ2) is 6.50. The fraction of sp³-hybridized carbons (Fsp3) is 0.923. The lowest BCUT2D eigenvalue weighted by molar-refractivity contribution is -0.140. The van der Waals surface area contributed by atoms with Gasteiger partial charge in [-0.05, 0) is 32.7 Å². The molecular weight excluding hydrogens is 232 g/mol. The fourth-order valence-corrected chi connectivity index (χ4v) is 2.55. The third-order valence-corrected chi connectivity index (χ3v) is 3.94. The van der Waals surface area contributed by atoms with E-state index in [4.69, 9.17) is 4.74 Å². The summed E-state index contributed by atoms with van der Waals surface area (Å²) < 4.78 is 5.66. The van der Waals surface area contributed by atoms with Crippen molar-refractivity contribution in [1.82, 2.24) is 9.80 Å². The van der Waals surface area contributed by atoms with Gasteiger partial charge < -0.3 is 19.6 Å². The van der Waals surface area contributed by atoms with Crippen molar-refractivity contribution in [3.63, 3.8) is 0 Å². The van der Waals surface area contributed by atoms with E-state index in [9.17, 15) is 9.90 Å². The zero-order chi connectivity index (χ0) is 13.0. The molecule has 18 heavy (non-hydrogen) atoms. The molecule has 0 atom stereocenters. The minimum atomic E-state index is -0.168. The van der Waals surface area contributed by atoms with Crippen LogP contribution >= 0.6 is 0 Å². The van der Waals surface area contributed by atoms with Gasteiger partial charge in [-0.25, -0.2) is 0 Å². The fourth-order valence-electron chi connectivity index (χ4n) is 2.55. The number of aliphatic hydroxyl groups is 1. The van der Waals surface area contributed by atoms with Gasteiger partial charge in [-0.2, -0.15) is 0 Å². The molecule has 1 heterocycles. The van der Waals surface area contributed by atoms with Crippen LogP contribution in [0.15, 0.2) is 0 Å². The molecule has 5 heteroatoms. The van der Waals surface area contributed by atoms with Crippen LogP contribution in [-0.2, 0) is 9.53 Å². The maximum Gasteiger partial charge on any atom is 0.248 e. The monoisotopic (exact) mass is 256 g/mol. The van der Waals surface area contributed by atoms with Crippen LogP contribution in [0, 0.1) is 0 Å². The number of hydrogen-bond acceptors (Lipinski definition) is 4. The van der Waals surface area contributed by atoms with Crippen molar-refractivity contribution in [2.45, 2.75) is 37.9 Å². The standard InChI is InChI=1S/C13H24N2O3/c1-14-6-8-15(9-7-14)13(17)10-18-12-4-2-11(16)3-5-12/h11-12,16H,2-10H2,1H3. The highest BCUT2D eigenvalue weighted by Crippen LogP contribution is 2.20. The minimum Gasteiger partial charge on any atom is -0.393 e. The van der Waals surface area contributed by atoms with E-state index in [2.05, 4.69) is 11.9 Å². The Hall–Kier alpha value is -0.650. The van der Waals surface area contributed by atoms with Crippen LogP contribution in [0.5, 0.6) is 0 Å². The third kappa shape index (κ3) is 3.93. The number of carbonyl (C=O) groups is 1. The first-order chi connectivity index (χ1) is 8.65. The molecule has 0 aromatic rings. The highest BCUT2D eigenvalue weighted by Gasteiger charge is 2.23. The predicted octanol–water partition coefficient (Wildman–Crippen LogP) is 0.0805. The van der Waals surface area contributed by atoms with E-state index in [1.807, 2.05) is 4.90 Å². The number of hydrogen-bond donors (Lipinski definition) is 1. The van der Waals surface area contributed by atoms with Crippen LogP contribution in [-0.4, -0.2) is 72.9 Å². The Morgan fingerprint density at radius 1 is 1.17 bits per heavy atom. The number of likely N-dealkylation sites (N-methyl/N-ethyl adjacent to an activating group) is 1. The highest BCUT2D eigenvalue weighted by molar-refractivity contribution is 5.77. The van der Waals surface area contributed by atoms with Gasteiger partial charge in [0.2, 0.25) is 5.91 Å². The van der Waals surface area contributed by atoms with Crippen molar-refractivity contribution in [3.05, 3.63) is 0 Å². The largest absolute Gasteiger partial charge is 0.393 e. The van der Waals surface area contributed by atoms with Crippen LogP contribution in [0.25, 0.3) is 0 Å². The van der Waals surface area contributed by atoms with Gasteiger partial charge in [-0.15, -0.1) is 0 Å². The molecule has 0 aromatic heterocycles. The van der Waals surface area contributed by atoms with Crippen molar-refractivity contribution in [1.29, 1.82) is 0 Å². The van der Waals surface area contributed by atoms with E-state index in [1.165, 1.54) is 0 Å². The van der Waals surface area contributed by atoms with E-state index in [0.717, 1.165) is 51.9 Å². The summed E-state index contributed by atoms with van der Waals surface area (Å²) in [4.78, 5) is 16.1. The quantitative estimate of drug-likeness (QED) is 0.777. The molecule has 1 aliphatic heterocycles. The van der Waals surface area contributed by atoms with Crippen LogP contribution in [0.2, 0.25) is 0 Å². The smallest absolute Gasteiger partial charge is 0.248 e. The number of amides is 1. The zero-order valence-corrected chi connectivity index (χ0v) is 11.2. The Morgan fingerprint density at radius 3 is 2.39 bits per heavy atom. The first-order valence-corrected chi connectivity index (χ1v) is 6.91. The van der Waals surface area contributed by atoms with Crippen LogP contribution in [0.4, 0.5) is 0 Å². The number of ether oxygens (including phenoxy) is 1. The van der Waals surface area contributed by atoms with Gasteiger partial charge >= 0.3 is 0 Å². The molecule has 2 rings (SSSR count). The molecule has 0 aromatic carbocycles. The Bertz CT molecular complexity index is 269. The Balaban J connectivity index is 1.65. The lowest BCUT2D eigenvalue weighted by Crippen LogP contribution is -2.48. The lowest BCUT2D eigenvalue weighted by Gasteiger charge is -2.33. The van der Waals surface area contributed by atoms with Crippen molar-refractivity contribution in [2.75, 3.05) is 39.8 Å². The molecule has 1 saturated heterocycles. The van der Waals surface area contributed by atoms with E-state index >= 15 is 0 Å². The highest BCUT2D eigenvalue weighted by atomic mass is 16.5. The summed E-state index contributed by atoms with van der Waals surface area (Å²) in [5, 5.41) is 9.40. The van der Waals surface area contributed by atoms with Crippen molar-refractivity contribution in [3.8, 4) is 0 Å². The van der Waals surface area contributed by atoms with Crippen LogP contribution in [0.3, 0.4) is 0 Å². The summed E-state index contributed by atoms with van der Waals surface area (Å²) in [7, 11) is 2.08. The van der Waals surface area contributed by atoms with Crippen LogP contribution in [0.1, 0.15) is 25.7 Å². The summed E-state index contributed by atoms with van der Waals surface area (Å²) >= 11 is 0. The molecule has 2 aliphatic rings. The number of nitrogens with zero attached hydrogens (tertiary/aromatic N) is 2. The topological polar surface area (TPSA) is 53.0 Å². The molecule has 1 amide bonds. The van der Waals surface area contributed by atoms with Gasteiger partial charge in [0.1, 0.15) is 6.61 Å². The molecule has 2 fully saturated rings. The number of rotatable bonds is 3. The van der Waals surface area contributed by atoms with Crippen molar-refractivity contribution >= 4 is 5.91 Å². The summed E-state index contributed by atoms with van der Waals surface area (Å²) in [6.07, 6.45) is 3.33. The molecular formula is C13H24N2O3. The molecule has 1 saturated carbocycles. The van der Waals surface area contributed by atoms with Gasteiger partial charge in [0, 0.05) is 26.2 Å². The first kappa shape index (κ1) is 13.8. The van der Waals surface area contributed by atoms with E-state index in [-0.39, 0.29) is 24.7 Å². The summed E-state index contributed by atoms with van der Waals surface area (Å²) in [5.74, 6) is 0.106. The summed E-state index contributed by atoms with van der Waals surface area (Å²) in [6, 6.07) is 0. The first-order valence-electron chi connectivity index (χ1n) is 6.91. The molecule has 5 nitrogen and oxygen atoms in total. The molecule has 0 unspecified atom stereocenters. The van der Waals surface area contributed by atoms with Crippen molar-refractivity contribution in [2.24, 2.45) is 0 Å². The second-order valence-electron chi connectivity index (χ2n) is 5.43. The number of aliphatic hydroxyl groups excluding tert-OH is 1. The van der Waals surface area contributed by atoms with Gasteiger partial charge in [0.15, 0.2) is 0 Å². The Morgan fingerprint density at radius 2 is 1.78 bits per heavy atom. The Labute approximate surface area is 109 Å². The normalized spacial score (nSPS) is 30.4. The maximum atomic E-state index is 11.9. The van der Waals surface area contributed by atoms with Crippen molar-refractivity contribution < 1.29 is 14.6 Å². The number of carbonyl (C=O) groups excluding carboxylic acids is 1. The zero-order valence-electron chi connectivity index (χ0n) is 11.2.